The minimum absolute atomic E-state index is 0. The van der Waals surface area contributed by atoms with Crippen LogP contribution in [0.15, 0.2) is 30.5 Å². The molecule has 2 atom stereocenters. The minimum Gasteiger partial charge on any atom is -0.341 e. The number of urea groups is 1. The molecule has 0 saturated carbocycles. The molecule has 2 aromatic heterocycles. The quantitative estimate of drug-likeness (QED) is 0.581. The number of aromatic amines is 1. The van der Waals surface area contributed by atoms with Crippen LogP contribution < -0.4 is 10.6 Å². The molecule has 0 bridgehead atoms. The van der Waals surface area contributed by atoms with Gasteiger partial charge in [-0.3, -0.25) is 9.88 Å². The molecular formula is C22H29ClN6O. The highest BCUT2D eigenvalue weighted by Crippen LogP contribution is 2.30. The third-order valence-electron chi connectivity index (χ3n) is 5.81. The molecule has 1 aliphatic rings. The zero-order valence-electron chi connectivity index (χ0n) is 17.8. The zero-order chi connectivity index (χ0) is 20.5. The van der Waals surface area contributed by atoms with Gasteiger partial charge < -0.3 is 15.6 Å². The summed E-state index contributed by atoms with van der Waals surface area (Å²) in [5, 5.41) is 5.97. The summed E-state index contributed by atoms with van der Waals surface area (Å²) in [6.45, 7) is 7.04. The summed E-state index contributed by atoms with van der Waals surface area (Å²) in [5.41, 5.74) is 6.18. The molecule has 1 aliphatic heterocycles. The second-order valence-electron chi connectivity index (χ2n) is 8.08. The highest BCUT2D eigenvalue weighted by molar-refractivity contribution is 5.89. The molecule has 0 unspecified atom stereocenters. The lowest BCUT2D eigenvalue weighted by Crippen LogP contribution is -2.46. The maximum absolute atomic E-state index is 12.4. The van der Waals surface area contributed by atoms with E-state index < -0.39 is 0 Å². The number of piperidine rings is 1. The number of pyridine rings is 1. The number of likely N-dealkylation sites (tertiary alicyclic amines) is 1. The Kier molecular flexibility index (Phi) is 6.63. The number of rotatable bonds is 3. The zero-order valence-corrected chi connectivity index (χ0v) is 18.6. The molecule has 0 spiro atoms. The van der Waals surface area contributed by atoms with Gasteiger partial charge in [0.1, 0.15) is 5.82 Å². The largest absolute Gasteiger partial charge is 0.341 e. The van der Waals surface area contributed by atoms with Gasteiger partial charge >= 0.3 is 6.03 Å². The molecule has 0 aliphatic carbocycles. The number of imidazole rings is 1. The van der Waals surface area contributed by atoms with Crippen LogP contribution in [0, 0.1) is 20.8 Å². The summed E-state index contributed by atoms with van der Waals surface area (Å²) in [4.78, 5) is 27.3. The normalized spacial score (nSPS) is 19.3. The Morgan fingerprint density at radius 3 is 2.70 bits per heavy atom. The van der Waals surface area contributed by atoms with Crippen LogP contribution in [0.2, 0.25) is 0 Å². The van der Waals surface area contributed by atoms with Crippen molar-refractivity contribution < 1.29 is 4.79 Å². The van der Waals surface area contributed by atoms with Crippen molar-refractivity contribution >= 4 is 35.2 Å². The fraction of sp³-hybridized carbons (Fsp3) is 0.409. The van der Waals surface area contributed by atoms with E-state index in [0.29, 0.717) is 5.69 Å². The van der Waals surface area contributed by atoms with Crippen molar-refractivity contribution in [1.29, 1.82) is 0 Å². The van der Waals surface area contributed by atoms with E-state index in [-0.39, 0.29) is 30.5 Å². The van der Waals surface area contributed by atoms with Crippen molar-refractivity contribution in [3.63, 3.8) is 0 Å². The molecule has 1 saturated heterocycles. The number of aromatic nitrogens is 3. The molecule has 3 aromatic rings. The number of amides is 2. The SMILES string of the molecule is Cc1ccc(NC(=O)N[C@@H]2CCN(C)[C@@H](c3nc4cc(C)c(C)cc4[nH]3)C2)cn1.Cl. The minimum atomic E-state index is -0.195. The van der Waals surface area contributed by atoms with Gasteiger partial charge in [0, 0.05) is 18.3 Å². The first kappa shape index (κ1) is 22.1. The number of carbonyl (C=O) groups is 1. The number of nitrogens with one attached hydrogen (secondary N) is 3. The van der Waals surface area contributed by atoms with Crippen LogP contribution in [0.5, 0.6) is 0 Å². The second-order valence-corrected chi connectivity index (χ2v) is 8.08. The Morgan fingerprint density at radius 2 is 1.97 bits per heavy atom. The highest BCUT2D eigenvalue weighted by atomic mass is 35.5. The van der Waals surface area contributed by atoms with E-state index in [0.717, 1.165) is 41.9 Å². The number of aryl methyl sites for hydroxylation is 3. The molecule has 30 heavy (non-hydrogen) atoms. The van der Waals surface area contributed by atoms with Crippen LogP contribution in [0.4, 0.5) is 10.5 Å². The smallest absolute Gasteiger partial charge is 0.319 e. The lowest BCUT2D eigenvalue weighted by Gasteiger charge is -2.36. The average molecular weight is 429 g/mol. The van der Waals surface area contributed by atoms with Gasteiger partial charge in [0.15, 0.2) is 0 Å². The van der Waals surface area contributed by atoms with E-state index in [1.165, 1.54) is 11.1 Å². The molecule has 0 radical (unpaired) electrons. The third kappa shape index (κ3) is 4.74. The Balaban J connectivity index is 0.00000256. The lowest BCUT2D eigenvalue weighted by atomic mass is 9.97. The van der Waals surface area contributed by atoms with Crippen LogP contribution in [0.3, 0.4) is 0 Å². The molecule has 3 N–H and O–H groups in total. The lowest BCUT2D eigenvalue weighted by molar-refractivity contribution is 0.153. The second kappa shape index (κ2) is 9.02. The molecule has 160 valence electrons. The Bertz CT molecular complexity index is 993. The molecule has 4 rings (SSSR count). The number of H-pyrrole nitrogens is 1. The maximum Gasteiger partial charge on any atom is 0.319 e. The molecule has 3 heterocycles. The molecule has 1 fully saturated rings. The Hall–Kier alpha value is -2.64. The fourth-order valence-electron chi connectivity index (χ4n) is 3.88. The molecule has 2 amide bonds. The van der Waals surface area contributed by atoms with E-state index in [4.69, 9.17) is 4.98 Å². The summed E-state index contributed by atoms with van der Waals surface area (Å²) >= 11 is 0. The van der Waals surface area contributed by atoms with Crippen molar-refractivity contribution in [3.05, 3.63) is 53.1 Å². The van der Waals surface area contributed by atoms with Crippen molar-refractivity contribution in [2.24, 2.45) is 0 Å². The topological polar surface area (TPSA) is 85.9 Å². The Labute approximate surface area is 183 Å². The molecule has 1 aromatic carbocycles. The molecule has 7 nitrogen and oxygen atoms in total. The fourth-order valence-corrected chi connectivity index (χ4v) is 3.88. The first-order valence-corrected chi connectivity index (χ1v) is 10.1. The van der Waals surface area contributed by atoms with Crippen LogP contribution in [0.25, 0.3) is 11.0 Å². The van der Waals surface area contributed by atoms with E-state index in [1.807, 2.05) is 19.1 Å². The van der Waals surface area contributed by atoms with Gasteiger partial charge in [-0.25, -0.2) is 9.78 Å². The van der Waals surface area contributed by atoms with Crippen LogP contribution in [0.1, 0.15) is 41.5 Å². The van der Waals surface area contributed by atoms with Gasteiger partial charge in [-0.2, -0.15) is 0 Å². The van der Waals surface area contributed by atoms with Gasteiger partial charge in [-0.05, 0) is 76.1 Å². The monoisotopic (exact) mass is 428 g/mol. The molecular weight excluding hydrogens is 400 g/mol. The van der Waals surface area contributed by atoms with Crippen LogP contribution in [-0.2, 0) is 0 Å². The molecule has 8 heteroatoms. The number of benzene rings is 1. The van der Waals surface area contributed by atoms with E-state index >= 15 is 0 Å². The summed E-state index contributed by atoms with van der Waals surface area (Å²) in [5.74, 6) is 0.960. The van der Waals surface area contributed by atoms with E-state index in [1.54, 1.807) is 6.20 Å². The number of nitrogens with zero attached hydrogens (tertiary/aromatic N) is 3. The predicted molar refractivity (Wildman–Crippen MR) is 122 cm³/mol. The van der Waals surface area contributed by atoms with E-state index in [2.05, 4.69) is 58.5 Å². The number of hydrogen-bond donors (Lipinski definition) is 3. The number of hydrogen-bond acceptors (Lipinski definition) is 4. The van der Waals surface area contributed by atoms with Gasteiger partial charge in [-0.1, -0.05) is 0 Å². The van der Waals surface area contributed by atoms with Gasteiger partial charge in [0.05, 0.1) is 29.0 Å². The summed E-state index contributed by atoms with van der Waals surface area (Å²) < 4.78 is 0. The van der Waals surface area contributed by atoms with Crippen molar-refractivity contribution in [2.75, 3.05) is 18.9 Å². The number of anilines is 1. The van der Waals surface area contributed by atoms with E-state index in [9.17, 15) is 4.79 Å². The van der Waals surface area contributed by atoms with Gasteiger partial charge in [0.25, 0.3) is 0 Å². The van der Waals surface area contributed by atoms with Crippen LogP contribution in [-0.4, -0.2) is 45.5 Å². The maximum atomic E-state index is 12.4. The van der Waals surface area contributed by atoms with Crippen molar-refractivity contribution in [3.8, 4) is 0 Å². The summed E-state index contributed by atoms with van der Waals surface area (Å²) in [6, 6.07) is 8.06. The average Bonchev–Trinajstić information content (AvgIpc) is 3.08. The third-order valence-corrected chi connectivity index (χ3v) is 5.81. The summed E-state index contributed by atoms with van der Waals surface area (Å²) in [7, 11) is 2.11. The number of fused-ring (bicyclic) bond motifs is 1. The highest BCUT2D eigenvalue weighted by Gasteiger charge is 2.30. The first-order valence-electron chi connectivity index (χ1n) is 10.1. The van der Waals surface area contributed by atoms with Crippen molar-refractivity contribution in [2.45, 2.75) is 45.7 Å². The Morgan fingerprint density at radius 1 is 1.20 bits per heavy atom. The first-order chi connectivity index (χ1) is 13.9. The van der Waals surface area contributed by atoms with Crippen LogP contribution >= 0.6 is 12.4 Å². The predicted octanol–water partition coefficient (Wildman–Crippen LogP) is 4.26. The summed E-state index contributed by atoms with van der Waals surface area (Å²) in [6.07, 6.45) is 3.39. The van der Waals surface area contributed by atoms with Gasteiger partial charge in [-0.15, -0.1) is 12.4 Å². The standard InChI is InChI=1S/C22H28N6O.ClH/c1-13-9-18-19(10-14(13)2)27-21(26-18)20-11-16(7-8-28(20)4)24-22(29)25-17-6-5-15(3)23-12-17;/h5-6,9-10,12,16,20H,7-8,11H2,1-4H3,(H,26,27)(H2,24,25,29);1H/t16-,20-;/m1./s1. The van der Waals surface area contributed by atoms with Gasteiger partial charge in [0.2, 0.25) is 0 Å². The number of carbonyl (C=O) groups excluding carboxylic acids is 1. The number of halogens is 1. The van der Waals surface area contributed by atoms with Crippen molar-refractivity contribution in [1.82, 2.24) is 25.2 Å².